The molecule has 2 amide bonds. The van der Waals surface area contributed by atoms with E-state index < -0.39 is 23.2 Å². The molecule has 7 heteroatoms. The second-order valence-electron chi connectivity index (χ2n) is 11.9. The summed E-state index contributed by atoms with van der Waals surface area (Å²) in [4.78, 5) is 31.2. The van der Waals surface area contributed by atoms with Crippen LogP contribution in [0.1, 0.15) is 56.3 Å². The summed E-state index contributed by atoms with van der Waals surface area (Å²) >= 11 is 0. The average molecular weight is 543 g/mol. The molecule has 2 fully saturated rings. The van der Waals surface area contributed by atoms with Gasteiger partial charge in [-0.3, -0.25) is 9.69 Å². The first kappa shape index (κ1) is 27.7. The van der Waals surface area contributed by atoms with E-state index in [0.29, 0.717) is 31.1 Å². The van der Waals surface area contributed by atoms with Crippen LogP contribution in [0.25, 0.3) is 0 Å². The number of hydrogen-bond donors (Lipinski definition) is 0. The highest BCUT2D eigenvalue weighted by atomic mass is 16.6. The van der Waals surface area contributed by atoms with Gasteiger partial charge in [0.05, 0.1) is 12.5 Å². The Hall–Kier alpha value is -3.84. The number of carbonyl (C=O) groups excluding carboxylic acids is 2. The molecule has 5 rings (SSSR count). The topological polar surface area (TPSA) is 68.3 Å². The van der Waals surface area contributed by atoms with Crippen molar-refractivity contribution in [1.82, 2.24) is 9.80 Å². The lowest BCUT2D eigenvalue weighted by atomic mass is 9.74. The molecule has 0 radical (unpaired) electrons. The Morgan fingerprint density at radius 3 is 2.30 bits per heavy atom. The number of imide groups is 1. The third-order valence-corrected chi connectivity index (χ3v) is 7.78. The highest BCUT2D eigenvalue weighted by molar-refractivity contribution is 5.97. The number of ether oxygens (including phenoxy) is 3. The molecule has 0 N–H and O–H groups in total. The fourth-order valence-corrected chi connectivity index (χ4v) is 5.91. The second-order valence-corrected chi connectivity index (χ2v) is 11.9. The zero-order chi connectivity index (χ0) is 28.5. The lowest BCUT2D eigenvalue weighted by Crippen LogP contribution is -2.47. The van der Waals surface area contributed by atoms with E-state index in [1.807, 2.05) is 94.4 Å². The lowest BCUT2D eigenvalue weighted by molar-refractivity contribution is -0.139. The molecular formula is C33H38N2O5. The van der Waals surface area contributed by atoms with Crippen molar-refractivity contribution in [3.63, 3.8) is 0 Å². The van der Waals surface area contributed by atoms with Gasteiger partial charge in [-0.05, 0) is 56.5 Å². The number of rotatable bonds is 7. The molecule has 2 saturated heterocycles. The van der Waals surface area contributed by atoms with E-state index in [1.165, 1.54) is 10.5 Å². The van der Waals surface area contributed by atoms with Crippen LogP contribution in [-0.4, -0.2) is 54.2 Å². The third-order valence-electron chi connectivity index (χ3n) is 7.78. The Bertz CT molecular complexity index is 1350. The first-order valence-electron chi connectivity index (χ1n) is 13.8. The van der Waals surface area contributed by atoms with Crippen molar-refractivity contribution in [2.75, 3.05) is 26.8 Å². The summed E-state index contributed by atoms with van der Waals surface area (Å²) in [6, 6.07) is 25.3. The summed E-state index contributed by atoms with van der Waals surface area (Å²) in [5.41, 5.74) is 1.70. The predicted octanol–water partition coefficient (Wildman–Crippen LogP) is 6.20. The maximum absolute atomic E-state index is 14.5. The number of hydrogen-bond acceptors (Lipinski definition) is 6. The number of cyclic esters (lactones) is 1. The van der Waals surface area contributed by atoms with Crippen LogP contribution >= 0.6 is 0 Å². The summed E-state index contributed by atoms with van der Waals surface area (Å²) < 4.78 is 17.3. The van der Waals surface area contributed by atoms with E-state index in [2.05, 4.69) is 17.0 Å². The highest BCUT2D eigenvalue weighted by Gasteiger charge is 2.54. The summed E-state index contributed by atoms with van der Waals surface area (Å²) in [5.74, 6) is 0.852. The van der Waals surface area contributed by atoms with Crippen molar-refractivity contribution >= 4 is 12.0 Å². The lowest BCUT2D eigenvalue weighted by Gasteiger charge is -2.34. The van der Waals surface area contributed by atoms with Crippen LogP contribution < -0.4 is 9.47 Å². The number of benzene rings is 3. The summed E-state index contributed by atoms with van der Waals surface area (Å²) in [5, 5.41) is 0. The first-order chi connectivity index (χ1) is 19.1. The minimum Gasteiger partial charge on any atom is -0.493 e. The van der Waals surface area contributed by atoms with E-state index in [4.69, 9.17) is 14.2 Å². The number of methoxy groups -OCH3 is 1. The van der Waals surface area contributed by atoms with Crippen LogP contribution in [0.15, 0.2) is 78.9 Å². The molecule has 0 aromatic heterocycles. The Morgan fingerprint density at radius 2 is 1.65 bits per heavy atom. The molecule has 3 aromatic rings. The summed E-state index contributed by atoms with van der Waals surface area (Å²) in [6.45, 7) is 9.96. The molecule has 40 heavy (non-hydrogen) atoms. The van der Waals surface area contributed by atoms with Gasteiger partial charge in [0.25, 0.3) is 0 Å². The van der Waals surface area contributed by atoms with E-state index in [0.717, 1.165) is 11.1 Å². The highest BCUT2D eigenvalue weighted by Crippen LogP contribution is 2.48. The number of carbonyl (C=O) groups is 2. The molecule has 0 spiro atoms. The summed E-state index contributed by atoms with van der Waals surface area (Å²) in [6.07, 6.45) is -0.591. The molecule has 3 atom stereocenters. The molecular weight excluding hydrogens is 504 g/mol. The van der Waals surface area contributed by atoms with Gasteiger partial charge < -0.3 is 14.2 Å². The standard InChI is InChI=1S/C33H38N2O5/c1-32(2,3)40-29-18-25(16-17-28(29)38-5)26-20-34(19-23-12-8-6-9-13-23)22-33(26,4)30(36)35-27(21-39-31(35)37)24-14-10-7-11-15-24/h6-18,26-27H,19-22H2,1-5H3/t26-,27?,33-/m0/s1. The molecule has 2 aliphatic rings. The smallest absolute Gasteiger partial charge is 0.417 e. The number of nitrogens with zero attached hydrogens (tertiary/aromatic N) is 2. The van der Waals surface area contributed by atoms with Crippen LogP contribution in [0.5, 0.6) is 11.5 Å². The first-order valence-corrected chi connectivity index (χ1v) is 13.8. The molecule has 0 aliphatic carbocycles. The van der Waals surface area contributed by atoms with Crippen molar-refractivity contribution < 1.29 is 23.8 Å². The second kappa shape index (κ2) is 11.0. The van der Waals surface area contributed by atoms with Gasteiger partial charge in [-0.15, -0.1) is 0 Å². The van der Waals surface area contributed by atoms with Gasteiger partial charge in [-0.2, -0.15) is 0 Å². The van der Waals surface area contributed by atoms with Gasteiger partial charge in [0, 0.05) is 25.6 Å². The third kappa shape index (κ3) is 5.56. The van der Waals surface area contributed by atoms with Crippen molar-refractivity contribution in [2.45, 2.75) is 51.8 Å². The van der Waals surface area contributed by atoms with Crippen LogP contribution in [0.4, 0.5) is 4.79 Å². The molecule has 210 valence electrons. The van der Waals surface area contributed by atoms with Gasteiger partial charge in [0.1, 0.15) is 18.2 Å². The number of amides is 2. The van der Waals surface area contributed by atoms with Gasteiger partial charge in [0.2, 0.25) is 5.91 Å². The minimum atomic E-state index is -0.890. The quantitative estimate of drug-likeness (QED) is 0.354. The van der Waals surface area contributed by atoms with Crippen LogP contribution in [0.3, 0.4) is 0 Å². The zero-order valence-electron chi connectivity index (χ0n) is 23.9. The van der Waals surface area contributed by atoms with E-state index in [-0.39, 0.29) is 18.4 Å². The molecule has 2 aliphatic heterocycles. The zero-order valence-corrected chi connectivity index (χ0v) is 23.9. The molecule has 3 aromatic carbocycles. The van der Waals surface area contributed by atoms with Gasteiger partial charge >= 0.3 is 6.09 Å². The number of likely N-dealkylation sites (tertiary alicyclic amines) is 1. The Balaban J connectivity index is 1.54. The fourth-order valence-electron chi connectivity index (χ4n) is 5.91. The normalized spacial score (nSPS) is 23.2. The maximum Gasteiger partial charge on any atom is 0.417 e. The molecule has 7 nitrogen and oxygen atoms in total. The monoisotopic (exact) mass is 542 g/mol. The van der Waals surface area contributed by atoms with Crippen molar-refractivity contribution in [3.8, 4) is 11.5 Å². The SMILES string of the molecule is COc1ccc([C@@H]2CN(Cc3ccccc3)C[C@]2(C)C(=O)N2C(=O)OCC2c2ccccc2)cc1OC(C)(C)C. The van der Waals surface area contributed by atoms with Crippen LogP contribution in [-0.2, 0) is 16.1 Å². The largest absolute Gasteiger partial charge is 0.493 e. The van der Waals surface area contributed by atoms with E-state index in [1.54, 1.807) is 7.11 Å². The van der Waals surface area contributed by atoms with Crippen LogP contribution in [0, 0.1) is 5.41 Å². The van der Waals surface area contributed by atoms with Gasteiger partial charge in [0.15, 0.2) is 11.5 Å². The average Bonchev–Trinajstić information content (AvgIpc) is 3.48. The van der Waals surface area contributed by atoms with Crippen LogP contribution in [0.2, 0.25) is 0 Å². The predicted molar refractivity (Wildman–Crippen MR) is 153 cm³/mol. The van der Waals surface area contributed by atoms with Gasteiger partial charge in [-0.25, -0.2) is 9.69 Å². The summed E-state index contributed by atoms with van der Waals surface area (Å²) in [7, 11) is 1.62. The van der Waals surface area contributed by atoms with Gasteiger partial charge in [-0.1, -0.05) is 66.7 Å². The van der Waals surface area contributed by atoms with Crippen molar-refractivity contribution in [1.29, 1.82) is 0 Å². The molecule has 0 saturated carbocycles. The Labute approximate surface area is 236 Å². The maximum atomic E-state index is 14.5. The van der Waals surface area contributed by atoms with E-state index >= 15 is 0 Å². The molecule has 1 unspecified atom stereocenters. The Morgan fingerprint density at radius 1 is 0.975 bits per heavy atom. The minimum absolute atomic E-state index is 0.148. The molecule has 2 heterocycles. The molecule has 0 bridgehead atoms. The van der Waals surface area contributed by atoms with Crippen molar-refractivity contribution in [2.24, 2.45) is 5.41 Å². The van der Waals surface area contributed by atoms with E-state index in [9.17, 15) is 9.59 Å². The Kier molecular flexibility index (Phi) is 7.60. The van der Waals surface area contributed by atoms with Crippen molar-refractivity contribution in [3.05, 3.63) is 95.6 Å². The fraction of sp³-hybridized carbons (Fsp3) is 0.394.